The van der Waals surface area contributed by atoms with Gasteiger partial charge in [0.05, 0.1) is 4.92 Å². The van der Waals surface area contributed by atoms with Gasteiger partial charge in [0.1, 0.15) is 0 Å². The normalized spacial score (nSPS) is 23.7. The van der Waals surface area contributed by atoms with E-state index in [2.05, 4.69) is 11.8 Å². The highest BCUT2D eigenvalue weighted by atomic mass is 16.6. The summed E-state index contributed by atoms with van der Waals surface area (Å²) in [5, 5.41) is 10.8. The quantitative estimate of drug-likeness (QED) is 0.668. The van der Waals surface area contributed by atoms with Crippen molar-refractivity contribution in [1.29, 1.82) is 0 Å². The van der Waals surface area contributed by atoms with Gasteiger partial charge in [-0.1, -0.05) is 25.5 Å². The van der Waals surface area contributed by atoms with Crippen LogP contribution >= 0.6 is 0 Å². The molecule has 1 saturated heterocycles. The van der Waals surface area contributed by atoms with Gasteiger partial charge in [0.25, 0.3) is 5.69 Å². The van der Waals surface area contributed by atoms with Crippen LogP contribution in [0.2, 0.25) is 0 Å². The van der Waals surface area contributed by atoms with Gasteiger partial charge in [0.15, 0.2) is 0 Å². The van der Waals surface area contributed by atoms with Crippen molar-refractivity contribution in [3.8, 4) is 0 Å². The molecule has 2 atom stereocenters. The van der Waals surface area contributed by atoms with E-state index in [4.69, 9.17) is 5.73 Å². The number of likely N-dealkylation sites (tertiary alicyclic amines) is 1. The second kappa shape index (κ2) is 7.52. The third kappa shape index (κ3) is 3.80. The lowest BCUT2D eigenvalue weighted by atomic mass is 9.89. The molecule has 0 bridgehead atoms. The fourth-order valence-corrected chi connectivity index (χ4v) is 3.38. The first-order valence-corrected chi connectivity index (χ1v) is 7.85. The van der Waals surface area contributed by atoms with E-state index in [1.165, 1.54) is 12.8 Å². The van der Waals surface area contributed by atoms with Crippen LogP contribution in [-0.4, -0.2) is 29.5 Å². The van der Waals surface area contributed by atoms with Crippen LogP contribution in [0.15, 0.2) is 24.3 Å². The molecular weight excluding hydrogens is 266 g/mol. The van der Waals surface area contributed by atoms with E-state index in [1.54, 1.807) is 12.1 Å². The van der Waals surface area contributed by atoms with Crippen molar-refractivity contribution in [2.24, 2.45) is 11.7 Å². The average Bonchev–Trinajstić information content (AvgIpc) is 2.70. The number of nitro groups is 1. The second-order valence-corrected chi connectivity index (χ2v) is 5.82. The summed E-state index contributed by atoms with van der Waals surface area (Å²) in [6, 6.07) is 7.31. The number of rotatable bonds is 5. The van der Waals surface area contributed by atoms with E-state index in [1.807, 2.05) is 12.1 Å². The van der Waals surface area contributed by atoms with Crippen molar-refractivity contribution in [2.45, 2.75) is 38.6 Å². The minimum Gasteiger partial charge on any atom is -0.330 e. The van der Waals surface area contributed by atoms with Gasteiger partial charge in [-0.15, -0.1) is 0 Å². The number of nitro benzene ring substituents is 1. The summed E-state index contributed by atoms with van der Waals surface area (Å²) in [4.78, 5) is 13.0. The summed E-state index contributed by atoms with van der Waals surface area (Å²) in [5.74, 6) is 0.431. The molecule has 1 aromatic carbocycles. The molecule has 1 aliphatic rings. The number of benzene rings is 1. The predicted octanol–water partition coefficient (Wildman–Crippen LogP) is 3.11. The van der Waals surface area contributed by atoms with Crippen LogP contribution in [0, 0.1) is 16.0 Å². The lowest BCUT2D eigenvalue weighted by Crippen LogP contribution is -2.36. The van der Waals surface area contributed by atoms with E-state index in [0.717, 1.165) is 31.5 Å². The van der Waals surface area contributed by atoms with Crippen LogP contribution in [-0.2, 0) is 0 Å². The molecule has 1 fully saturated rings. The van der Waals surface area contributed by atoms with Crippen LogP contribution in [0.25, 0.3) is 0 Å². The third-order valence-corrected chi connectivity index (χ3v) is 4.37. The first-order chi connectivity index (χ1) is 10.2. The van der Waals surface area contributed by atoms with E-state index in [0.29, 0.717) is 18.5 Å². The van der Waals surface area contributed by atoms with Crippen LogP contribution in [0.5, 0.6) is 0 Å². The fourth-order valence-electron chi connectivity index (χ4n) is 3.38. The summed E-state index contributed by atoms with van der Waals surface area (Å²) >= 11 is 0. The van der Waals surface area contributed by atoms with E-state index >= 15 is 0 Å². The van der Waals surface area contributed by atoms with Gasteiger partial charge in [-0.05, 0) is 50.4 Å². The Hall–Kier alpha value is -1.46. The number of nitrogens with zero attached hydrogens (tertiary/aromatic N) is 2. The third-order valence-electron chi connectivity index (χ3n) is 4.37. The molecule has 0 spiro atoms. The summed E-state index contributed by atoms with van der Waals surface area (Å²) in [7, 11) is 0. The highest BCUT2D eigenvalue weighted by molar-refractivity contribution is 5.34. The van der Waals surface area contributed by atoms with Crippen molar-refractivity contribution < 1.29 is 4.92 Å². The van der Waals surface area contributed by atoms with Gasteiger partial charge in [-0.2, -0.15) is 0 Å². The Labute approximate surface area is 126 Å². The summed E-state index contributed by atoms with van der Waals surface area (Å²) in [6.07, 6.45) is 4.67. The Kier molecular flexibility index (Phi) is 5.70. The minimum absolute atomic E-state index is 0.152. The zero-order valence-corrected chi connectivity index (χ0v) is 12.7. The van der Waals surface area contributed by atoms with E-state index < -0.39 is 0 Å². The number of nitrogens with two attached hydrogens (primary N) is 1. The molecule has 0 aromatic heterocycles. The van der Waals surface area contributed by atoms with Crippen molar-refractivity contribution in [1.82, 2.24) is 4.90 Å². The Morgan fingerprint density at radius 1 is 1.33 bits per heavy atom. The Morgan fingerprint density at radius 3 is 2.62 bits per heavy atom. The summed E-state index contributed by atoms with van der Waals surface area (Å²) in [5.41, 5.74) is 7.31. The van der Waals surface area contributed by atoms with Gasteiger partial charge < -0.3 is 5.73 Å². The van der Waals surface area contributed by atoms with Crippen molar-refractivity contribution in [2.75, 3.05) is 19.6 Å². The molecule has 21 heavy (non-hydrogen) atoms. The maximum Gasteiger partial charge on any atom is 0.269 e. The first-order valence-electron chi connectivity index (χ1n) is 7.85. The van der Waals surface area contributed by atoms with E-state index in [-0.39, 0.29) is 10.6 Å². The molecule has 5 heteroatoms. The zero-order chi connectivity index (χ0) is 15.2. The SMILES string of the molecule is CCCN1CCCCC(CN)C1c1ccc([N+](=O)[O-])cc1. The topological polar surface area (TPSA) is 72.4 Å². The average molecular weight is 291 g/mol. The van der Waals surface area contributed by atoms with Crippen molar-refractivity contribution >= 4 is 5.69 Å². The highest BCUT2D eigenvalue weighted by Gasteiger charge is 2.30. The van der Waals surface area contributed by atoms with Gasteiger partial charge in [0.2, 0.25) is 0 Å². The summed E-state index contributed by atoms with van der Waals surface area (Å²) < 4.78 is 0. The predicted molar refractivity (Wildman–Crippen MR) is 84.1 cm³/mol. The maximum atomic E-state index is 10.8. The number of hydrogen-bond acceptors (Lipinski definition) is 4. The monoisotopic (exact) mass is 291 g/mol. The minimum atomic E-state index is -0.346. The van der Waals surface area contributed by atoms with Gasteiger partial charge in [-0.25, -0.2) is 0 Å². The van der Waals surface area contributed by atoms with Crippen LogP contribution < -0.4 is 5.73 Å². The molecule has 2 unspecified atom stereocenters. The first kappa shape index (κ1) is 15.9. The van der Waals surface area contributed by atoms with Gasteiger partial charge >= 0.3 is 0 Å². The van der Waals surface area contributed by atoms with Gasteiger partial charge in [-0.3, -0.25) is 15.0 Å². The molecule has 0 amide bonds. The van der Waals surface area contributed by atoms with Crippen LogP contribution in [0.4, 0.5) is 5.69 Å². The molecule has 1 aliphatic heterocycles. The van der Waals surface area contributed by atoms with Gasteiger partial charge in [0, 0.05) is 18.2 Å². The fraction of sp³-hybridized carbons (Fsp3) is 0.625. The molecule has 1 heterocycles. The molecule has 0 radical (unpaired) electrons. The maximum absolute atomic E-state index is 10.8. The highest BCUT2D eigenvalue weighted by Crippen LogP contribution is 2.35. The largest absolute Gasteiger partial charge is 0.330 e. The number of hydrogen-bond donors (Lipinski definition) is 1. The molecule has 116 valence electrons. The number of non-ortho nitro benzene ring substituents is 1. The molecular formula is C16H25N3O2. The molecule has 2 rings (SSSR count). The Morgan fingerprint density at radius 2 is 2.05 bits per heavy atom. The van der Waals surface area contributed by atoms with Crippen molar-refractivity contribution in [3.05, 3.63) is 39.9 Å². The molecule has 0 aliphatic carbocycles. The Balaban J connectivity index is 2.30. The van der Waals surface area contributed by atoms with Crippen LogP contribution in [0.3, 0.4) is 0 Å². The lowest BCUT2D eigenvalue weighted by molar-refractivity contribution is -0.384. The molecule has 0 saturated carbocycles. The van der Waals surface area contributed by atoms with Crippen LogP contribution in [0.1, 0.15) is 44.2 Å². The lowest BCUT2D eigenvalue weighted by Gasteiger charge is -2.35. The second-order valence-electron chi connectivity index (χ2n) is 5.82. The summed E-state index contributed by atoms with van der Waals surface area (Å²) in [6.45, 7) is 5.00. The van der Waals surface area contributed by atoms with Crippen molar-refractivity contribution in [3.63, 3.8) is 0 Å². The Bertz CT molecular complexity index is 461. The smallest absolute Gasteiger partial charge is 0.269 e. The standard InChI is InChI=1S/C16H25N3O2/c1-2-10-18-11-4-3-5-14(12-17)16(18)13-6-8-15(9-7-13)19(20)21/h6-9,14,16H,2-5,10-12,17H2,1H3. The molecule has 1 aromatic rings. The molecule has 2 N–H and O–H groups in total. The zero-order valence-electron chi connectivity index (χ0n) is 12.7. The van der Waals surface area contributed by atoms with E-state index in [9.17, 15) is 10.1 Å². The molecule has 5 nitrogen and oxygen atoms in total.